The first kappa shape index (κ1) is 11.5. The summed E-state index contributed by atoms with van der Waals surface area (Å²) in [6, 6.07) is 0. The molecule has 0 radical (unpaired) electrons. The Morgan fingerprint density at radius 3 is 2.53 bits per heavy atom. The van der Waals surface area contributed by atoms with E-state index >= 15 is 0 Å². The van der Waals surface area contributed by atoms with Gasteiger partial charge in [-0.05, 0) is 50.4 Å². The van der Waals surface area contributed by atoms with Crippen molar-refractivity contribution in [2.75, 3.05) is 0 Å². The molecule has 2 aliphatic carbocycles. The Balaban J connectivity index is 2.07. The van der Waals surface area contributed by atoms with Crippen LogP contribution in [-0.2, 0) is 0 Å². The SMILES string of the molecule is Cc1csc(=N[C@]2(C)[C@H]3CC[C@@H](C3)C2(C)C)o1. The topological polar surface area (TPSA) is 25.5 Å². The first-order valence-electron chi connectivity index (χ1n) is 6.54. The molecule has 17 heavy (non-hydrogen) atoms. The Labute approximate surface area is 107 Å². The molecule has 2 aliphatic rings. The van der Waals surface area contributed by atoms with Gasteiger partial charge in [0.25, 0.3) is 4.87 Å². The van der Waals surface area contributed by atoms with Gasteiger partial charge in [-0.1, -0.05) is 25.2 Å². The van der Waals surface area contributed by atoms with E-state index in [-0.39, 0.29) is 5.54 Å². The monoisotopic (exact) mass is 251 g/mol. The minimum atomic E-state index is 0.0662. The Bertz CT molecular complexity index is 498. The molecule has 0 aliphatic heterocycles. The molecule has 2 bridgehead atoms. The summed E-state index contributed by atoms with van der Waals surface area (Å²) in [5.41, 5.74) is 0.375. The molecule has 0 aromatic carbocycles. The van der Waals surface area contributed by atoms with E-state index in [9.17, 15) is 0 Å². The molecule has 0 amide bonds. The lowest BCUT2D eigenvalue weighted by Crippen LogP contribution is -2.46. The molecule has 0 unspecified atom stereocenters. The van der Waals surface area contributed by atoms with Gasteiger partial charge >= 0.3 is 0 Å². The van der Waals surface area contributed by atoms with Gasteiger partial charge in [0.1, 0.15) is 5.76 Å². The minimum absolute atomic E-state index is 0.0662. The van der Waals surface area contributed by atoms with Crippen LogP contribution in [0.1, 0.15) is 45.8 Å². The molecule has 94 valence electrons. The van der Waals surface area contributed by atoms with Crippen molar-refractivity contribution in [3.8, 4) is 0 Å². The van der Waals surface area contributed by atoms with E-state index in [1.807, 2.05) is 12.3 Å². The van der Waals surface area contributed by atoms with Gasteiger partial charge in [-0.15, -0.1) is 0 Å². The molecule has 1 aromatic heterocycles. The van der Waals surface area contributed by atoms with E-state index in [1.165, 1.54) is 19.3 Å². The highest BCUT2D eigenvalue weighted by molar-refractivity contribution is 7.06. The van der Waals surface area contributed by atoms with E-state index < -0.39 is 0 Å². The number of hydrogen-bond acceptors (Lipinski definition) is 3. The van der Waals surface area contributed by atoms with Gasteiger partial charge in [-0.3, -0.25) is 0 Å². The van der Waals surface area contributed by atoms with E-state index in [4.69, 9.17) is 9.41 Å². The number of nitrogens with zero attached hydrogens (tertiary/aromatic N) is 1. The van der Waals surface area contributed by atoms with Crippen LogP contribution < -0.4 is 4.87 Å². The largest absolute Gasteiger partial charge is 0.435 e. The molecule has 2 fully saturated rings. The maximum Gasteiger partial charge on any atom is 0.274 e. The van der Waals surface area contributed by atoms with Gasteiger partial charge in [0.2, 0.25) is 0 Å². The standard InChI is InChI=1S/C14H21NOS/c1-9-8-17-12(16-9)15-14(4)11-6-5-10(7-11)13(14,2)3/h8,10-11H,5-7H2,1-4H3/t10-,11-,14+/m0/s1. The van der Waals surface area contributed by atoms with Crippen molar-refractivity contribution in [3.05, 3.63) is 16.0 Å². The average Bonchev–Trinajstić information content (AvgIpc) is 2.88. The Kier molecular flexibility index (Phi) is 2.35. The Morgan fingerprint density at radius 2 is 2.00 bits per heavy atom. The Morgan fingerprint density at radius 1 is 1.29 bits per heavy atom. The third kappa shape index (κ3) is 1.48. The van der Waals surface area contributed by atoms with Crippen molar-refractivity contribution in [3.63, 3.8) is 0 Å². The van der Waals surface area contributed by atoms with Gasteiger partial charge in [0.05, 0.1) is 5.54 Å². The zero-order valence-corrected chi connectivity index (χ0v) is 11.9. The second kappa shape index (κ2) is 3.47. The lowest BCUT2D eigenvalue weighted by molar-refractivity contribution is 0.0979. The van der Waals surface area contributed by atoms with Crippen LogP contribution in [0.15, 0.2) is 14.8 Å². The van der Waals surface area contributed by atoms with Crippen molar-refractivity contribution in [2.24, 2.45) is 22.2 Å². The van der Waals surface area contributed by atoms with Gasteiger partial charge < -0.3 is 4.42 Å². The van der Waals surface area contributed by atoms with Crippen LogP contribution in [0.5, 0.6) is 0 Å². The maximum absolute atomic E-state index is 5.66. The first-order valence-corrected chi connectivity index (χ1v) is 7.42. The van der Waals surface area contributed by atoms with Gasteiger partial charge in [-0.2, -0.15) is 0 Å². The quantitative estimate of drug-likeness (QED) is 0.746. The maximum atomic E-state index is 5.66. The molecule has 3 atom stereocenters. The molecular weight excluding hydrogens is 230 g/mol. The number of hydrogen-bond donors (Lipinski definition) is 0. The number of rotatable bonds is 1. The van der Waals surface area contributed by atoms with Crippen LogP contribution in [0.3, 0.4) is 0 Å². The molecule has 3 rings (SSSR count). The number of aryl methyl sites for hydroxylation is 1. The van der Waals surface area contributed by atoms with E-state index in [2.05, 4.69) is 20.8 Å². The van der Waals surface area contributed by atoms with E-state index in [0.717, 1.165) is 22.5 Å². The van der Waals surface area contributed by atoms with E-state index in [1.54, 1.807) is 11.3 Å². The van der Waals surface area contributed by atoms with E-state index in [0.29, 0.717) is 5.41 Å². The van der Waals surface area contributed by atoms with Crippen LogP contribution in [0.2, 0.25) is 0 Å². The normalized spacial score (nSPS) is 40.1. The van der Waals surface area contributed by atoms with Gasteiger partial charge in [0.15, 0.2) is 0 Å². The van der Waals surface area contributed by atoms with Crippen LogP contribution >= 0.6 is 11.3 Å². The van der Waals surface area contributed by atoms with Crippen molar-refractivity contribution in [1.82, 2.24) is 0 Å². The van der Waals surface area contributed by atoms with Gasteiger partial charge in [0, 0.05) is 5.38 Å². The summed E-state index contributed by atoms with van der Waals surface area (Å²) in [4.78, 5) is 5.85. The molecule has 0 spiro atoms. The summed E-state index contributed by atoms with van der Waals surface area (Å²) in [6.07, 6.45) is 4.10. The van der Waals surface area contributed by atoms with Crippen LogP contribution in [0, 0.1) is 24.2 Å². The van der Waals surface area contributed by atoms with Crippen LogP contribution in [0.25, 0.3) is 0 Å². The zero-order chi connectivity index (χ0) is 12.3. The van der Waals surface area contributed by atoms with Crippen LogP contribution in [0.4, 0.5) is 0 Å². The van der Waals surface area contributed by atoms with Gasteiger partial charge in [-0.25, -0.2) is 4.99 Å². The fourth-order valence-corrected chi connectivity index (χ4v) is 4.62. The lowest BCUT2D eigenvalue weighted by Gasteiger charge is -2.44. The summed E-state index contributed by atoms with van der Waals surface area (Å²) < 4.78 is 5.66. The molecular formula is C14H21NOS. The lowest BCUT2D eigenvalue weighted by atomic mass is 9.64. The summed E-state index contributed by atoms with van der Waals surface area (Å²) >= 11 is 1.63. The summed E-state index contributed by atoms with van der Waals surface area (Å²) in [6.45, 7) is 9.10. The molecule has 0 saturated heterocycles. The summed E-state index contributed by atoms with van der Waals surface area (Å²) in [5.74, 6) is 2.57. The second-order valence-electron chi connectivity index (χ2n) is 6.40. The smallest absolute Gasteiger partial charge is 0.274 e. The third-order valence-electron chi connectivity index (χ3n) is 5.45. The molecule has 0 N–H and O–H groups in total. The predicted molar refractivity (Wildman–Crippen MR) is 69.9 cm³/mol. The highest BCUT2D eigenvalue weighted by Gasteiger charge is 2.60. The highest BCUT2D eigenvalue weighted by atomic mass is 32.1. The highest BCUT2D eigenvalue weighted by Crippen LogP contribution is 2.62. The molecule has 2 saturated carbocycles. The molecule has 2 nitrogen and oxygen atoms in total. The molecule has 1 heterocycles. The molecule has 1 aromatic rings. The first-order chi connectivity index (χ1) is 7.93. The fourth-order valence-electron chi connectivity index (χ4n) is 3.88. The molecule has 3 heteroatoms. The zero-order valence-electron chi connectivity index (χ0n) is 11.1. The third-order valence-corrected chi connectivity index (χ3v) is 6.28. The predicted octanol–water partition coefficient (Wildman–Crippen LogP) is 3.77. The Hall–Kier alpha value is -0.570. The van der Waals surface area contributed by atoms with Crippen molar-refractivity contribution in [1.29, 1.82) is 0 Å². The summed E-state index contributed by atoms with van der Waals surface area (Å²) in [5, 5.41) is 2.04. The van der Waals surface area contributed by atoms with Crippen molar-refractivity contribution >= 4 is 11.3 Å². The van der Waals surface area contributed by atoms with Crippen molar-refractivity contribution in [2.45, 2.75) is 52.5 Å². The fraction of sp³-hybridized carbons (Fsp3) is 0.786. The average molecular weight is 251 g/mol. The minimum Gasteiger partial charge on any atom is -0.435 e. The van der Waals surface area contributed by atoms with Crippen molar-refractivity contribution < 1.29 is 4.42 Å². The number of fused-ring (bicyclic) bond motifs is 2. The summed E-state index contributed by atoms with van der Waals surface area (Å²) in [7, 11) is 0. The van der Waals surface area contributed by atoms with Crippen LogP contribution in [-0.4, -0.2) is 5.54 Å². The second-order valence-corrected chi connectivity index (χ2v) is 7.22.